The Morgan fingerprint density at radius 1 is 1.56 bits per heavy atom. The summed E-state index contributed by atoms with van der Waals surface area (Å²) >= 11 is 5.77. The third-order valence-corrected chi connectivity index (χ3v) is 2.51. The van der Waals surface area contributed by atoms with Gasteiger partial charge in [-0.15, -0.1) is 0 Å². The molecule has 0 bridgehead atoms. The lowest BCUT2D eigenvalue weighted by atomic mass is 10.3. The van der Waals surface area contributed by atoms with Gasteiger partial charge in [-0.05, 0) is 19.1 Å². The predicted octanol–water partition coefficient (Wildman–Crippen LogP) is 3.10. The summed E-state index contributed by atoms with van der Waals surface area (Å²) in [6, 6.07) is 2.96. The molecule has 0 N–H and O–H groups in total. The van der Waals surface area contributed by atoms with Crippen molar-refractivity contribution >= 4 is 23.2 Å². The molecule has 0 aliphatic rings. The summed E-state index contributed by atoms with van der Waals surface area (Å²) in [5.41, 5.74) is -0.669. The van der Waals surface area contributed by atoms with Crippen LogP contribution in [0.15, 0.2) is 18.3 Å². The fourth-order valence-corrected chi connectivity index (χ4v) is 1.75. The van der Waals surface area contributed by atoms with Gasteiger partial charge in [-0.2, -0.15) is 0 Å². The number of carbonyl (C=O) groups excluding carboxylic acids is 1. The van der Waals surface area contributed by atoms with E-state index in [1.54, 1.807) is 6.92 Å². The molecule has 96 valence electrons. The number of alkyl halides is 2. The van der Waals surface area contributed by atoms with Gasteiger partial charge in [-0.1, -0.05) is 11.6 Å². The van der Waals surface area contributed by atoms with Crippen LogP contribution in [0.25, 0.3) is 5.65 Å². The van der Waals surface area contributed by atoms with Crippen molar-refractivity contribution < 1.29 is 18.3 Å². The third kappa shape index (κ3) is 2.15. The normalized spacial score (nSPS) is 11.2. The lowest BCUT2D eigenvalue weighted by molar-refractivity contribution is 0.0506. The van der Waals surface area contributed by atoms with Gasteiger partial charge in [0.2, 0.25) is 0 Å². The zero-order valence-corrected chi connectivity index (χ0v) is 10.1. The summed E-state index contributed by atoms with van der Waals surface area (Å²) in [7, 11) is 0. The predicted molar refractivity (Wildman–Crippen MR) is 61.1 cm³/mol. The average molecular weight is 275 g/mol. The Labute approximate surface area is 106 Å². The van der Waals surface area contributed by atoms with Crippen LogP contribution in [-0.4, -0.2) is 22.0 Å². The number of pyridine rings is 1. The topological polar surface area (TPSA) is 43.6 Å². The maximum Gasteiger partial charge on any atom is 0.357 e. The second kappa shape index (κ2) is 4.89. The first-order chi connectivity index (χ1) is 8.54. The molecule has 2 aromatic heterocycles. The number of halogens is 3. The lowest BCUT2D eigenvalue weighted by Crippen LogP contribution is -2.11. The minimum Gasteiger partial charge on any atom is -0.461 e. The van der Waals surface area contributed by atoms with Crippen molar-refractivity contribution in [2.24, 2.45) is 0 Å². The molecule has 0 aromatic carbocycles. The van der Waals surface area contributed by atoms with Gasteiger partial charge in [0.1, 0.15) is 11.3 Å². The van der Waals surface area contributed by atoms with Gasteiger partial charge in [0.15, 0.2) is 5.69 Å². The standard InChI is InChI=1S/C11H9ClF2N2O2/c1-2-18-11(17)9-8(10(13)14)15-7-4-3-6(12)5-16(7)9/h3-5,10H,2H2,1H3. The molecule has 4 nitrogen and oxygen atoms in total. The number of esters is 1. The number of ether oxygens (including phenoxy) is 1. The van der Waals surface area contributed by atoms with Crippen molar-refractivity contribution in [1.82, 2.24) is 9.38 Å². The van der Waals surface area contributed by atoms with Gasteiger partial charge >= 0.3 is 5.97 Å². The van der Waals surface area contributed by atoms with Crippen molar-refractivity contribution in [2.45, 2.75) is 13.3 Å². The van der Waals surface area contributed by atoms with Gasteiger partial charge in [-0.3, -0.25) is 4.40 Å². The monoisotopic (exact) mass is 274 g/mol. The second-order valence-corrected chi connectivity index (χ2v) is 3.88. The highest BCUT2D eigenvalue weighted by atomic mass is 35.5. The maximum atomic E-state index is 12.9. The molecule has 7 heteroatoms. The summed E-state index contributed by atoms with van der Waals surface area (Å²) in [4.78, 5) is 15.4. The first kappa shape index (κ1) is 12.8. The molecule has 2 aromatic rings. The van der Waals surface area contributed by atoms with Crippen LogP contribution in [0.4, 0.5) is 8.78 Å². The van der Waals surface area contributed by atoms with E-state index in [1.807, 2.05) is 0 Å². The van der Waals surface area contributed by atoms with Crippen LogP contribution in [0.5, 0.6) is 0 Å². The SMILES string of the molecule is CCOC(=O)c1c(C(F)F)nc2ccc(Cl)cn12. The summed E-state index contributed by atoms with van der Waals surface area (Å²) in [5, 5.41) is 0.311. The van der Waals surface area contributed by atoms with Crippen LogP contribution in [0, 0.1) is 0 Å². The van der Waals surface area contributed by atoms with Crippen LogP contribution in [-0.2, 0) is 4.74 Å². The van der Waals surface area contributed by atoms with E-state index in [1.165, 1.54) is 22.7 Å². The maximum absolute atomic E-state index is 12.9. The zero-order valence-electron chi connectivity index (χ0n) is 9.36. The number of aromatic nitrogens is 2. The molecule has 0 spiro atoms. The number of fused-ring (bicyclic) bond motifs is 1. The van der Waals surface area contributed by atoms with Crippen LogP contribution in [0.2, 0.25) is 5.02 Å². The minimum atomic E-state index is -2.86. The molecule has 2 rings (SSSR count). The number of hydrogen-bond donors (Lipinski definition) is 0. The highest BCUT2D eigenvalue weighted by molar-refractivity contribution is 6.30. The summed E-state index contributed by atoms with van der Waals surface area (Å²) in [6.07, 6.45) is -1.51. The van der Waals surface area contributed by atoms with E-state index in [0.29, 0.717) is 5.02 Å². The van der Waals surface area contributed by atoms with Crippen molar-refractivity contribution in [2.75, 3.05) is 6.61 Å². The zero-order chi connectivity index (χ0) is 13.3. The van der Waals surface area contributed by atoms with E-state index in [-0.39, 0.29) is 17.9 Å². The molecule has 0 aliphatic carbocycles. The van der Waals surface area contributed by atoms with Crippen molar-refractivity contribution in [3.8, 4) is 0 Å². The molecule has 0 aliphatic heterocycles. The van der Waals surface area contributed by atoms with E-state index in [4.69, 9.17) is 16.3 Å². The smallest absolute Gasteiger partial charge is 0.357 e. The highest BCUT2D eigenvalue weighted by Gasteiger charge is 2.26. The molecular formula is C11H9ClF2N2O2. The molecule has 0 saturated heterocycles. The van der Waals surface area contributed by atoms with E-state index < -0.39 is 18.1 Å². The van der Waals surface area contributed by atoms with E-state index in [0.717, 1.165) is 0 Å². The van der Waals surface area contributed by atoms with Crippen molar-refractivity contribution in [3.05, 3.63) is 34.7 Å². The first-order valence-electron chi connectivity index (χ1n) is 5.17. The lowest BCUT2D eigenvalue weighted by Gasteiger charge is -2.04. The molecular weight excluding hydrogens is 266 g/mol. The number of carbonyl (C=O) groups is 1. The summed E-state index contributed by atoms with van der Waals surface area (Å²) in [6.45, 7) is 1.69. The largest absolute Gasteiger partial charge is 0.461 e. The van der Waals surface area contributed by atoms with E-state index >= 15 is 0 Å². The number of rotatable bonds is 3. The van der Waals surface area contributed by atoms with Crippen LogP contribution < -0.4 is 0 Å². The highest BCUT2D eigenvalue weighted by Crippen LogP contribution is 2.25. The number of nitrogens with zero attached hydrogens (tertiary/aromatic N) is 2. The molecule has 0 unspecified atom stereocenters. The Kier molecular flexibility index (Phi) is 3.47. The fourth-order valence-electron chi connectivity index (χ4n) is 1.59. The van der Waals surface area contributed by atoms with Gasteiger partial charge in [-0.25, -0.2) is 18.6 Å². The molecule has 0 saturated carbocycles. The Morgan fingerprint density at radius 2 is 2.28 bits per heavy atom. The van der Waals surface area contributed by atoms with Crippen LogP contribution in [0.1, 0.15) is 29.5 Å². The molecule has 2 heterocycles. The van der Waals surface area contributed by atoms with Gasteiger partial charge in [0.05, 0.1) is 11.6 Å². The van der Waals surface area contributed by atoms with Crippen molar-refractivity contribution in [3.63, 3.8) is 0 Å². The Hall–Kier alpha value is -1.69. The van der Waals surface area contributed by atoms with Gasteiger partial charge in [0.25, 0.3) is 6.43 Å². The van der Waals surface area contributed by atoms with Crippen molar-refractivity contribution in [1.29, 1.82) is 0 Å². The molecule has 0 radical (unpaired) electrons. The Bertz CT molecular complexity index is 598. The van der Waals surface area contributed by atoms with Gasteiger partial charge < -0.3 is 4.74 Å². The molecule has 0 amide bonds. The van der Waals surface area contributed by atoms with Crippen LogP contribution in [0.3, 0.4) is 0 Å². The van der Waals surface area contributed by atoms with E-state index in [2.05, 4.69) is 4.98 Å². The van der Waals surface area contributed by atoms with E-state index in [9.17, 15) is 13.6 Å². The first-order valence-corrected chi connectivity index (χ1v) is 5.55. The molecule has 0 fully saturated rings. The number of imidazole rings is 1. The Morgan fingerprint density at radius 3 is 2.89 bits per heavy atom. The fraction of sp³-hybridized carbons (Fsp3) is 0.273. The Balaban J connectivity index is 2.68. The second-order valence-electron chi connectivity index (χ2n) is 3.44. The third-order valence-electron chi connectivity index (χ3n) is 2.28. The van der Waals surface area contributed by atoms with Gasteiger partial charge in [0, 0.05) is 6.20 Å². The molecule has 18 heavy (non-hydrogen) atoms. The summed E-state index contributed by atoms with van der Waals surface area (Å²) < 4.78 is 31.7. The average Bonchev–Trinajstić information content (AvgIpc) is 2.67. The minimum absolute atomic E-state index is 0.0926. The summed E-state index contributed by atoms with van der Waals surface area (Å²) in [5.74, 6) is -0.845. The quantitative estimate of drug-likeness (QED) is 0.808. The number of hydrogen-bond acceptors (Lipinski definition) is 3. The molecule has 0 atom stereocenters. The van der Waals surface area contributed by atoms with Crippen LogP contribution >= 0.6 is 11.6 Å².